The maximum Gasteiger partial charge on any atom is 0.258 e. The van der Waals surface area contributed by atoms with Crippen molar-refractivity contribution in [1.82, 2.24) is 20.6 Å². The molecule has 0 aliphatic carbocycles. The van der Waals surface area contributed by atoms with Crippen LogP contribution in [0.15, 0.2) is 29.1 Å². The summed E-state index contributed by atoms with van der Waals surface area (Å²) in [6, 6.07) is 7.30. The number of hydrogen-bond donors (Lipinski definition) is 3. The summed E-state index contributed by atoms with van der Waals surface area (Å²) in [6.45, 7) is 3.85. The molecule has 2 heterocycles. The van der Waals surface area contributed by atoms with Crippen molar-refractivity contribution in [3.8, 4) is 0 Å². The standard InChI is InChI=1S/C17H22N4O2S/c1-17(7-8-18-11-17)21-15(22)6-9-24-10-14-19-13-5-3-2-4-12(13)16(23)20-14/h2-5,18H,6-11H2,1H3,(H,21,22)(H,19,20,23). The van der Waals surface area contributed by atoms with E-state index in [1.54, 1.807) is 17.8 Å². The normalized spacial score (nSPS) is 20.4. The van der Waals surface area contributed by atoms with Crippen molar-refractivity contribution < 1.29 is 4.79 Å². The summed E-state index contributed by atoms with van der Waals surface area (Å²) in [5, 5.41) is 6.96. The zero-order chi connectivity index (χ0) is 17.0. The van der Waals surface area contributed by atoms with Crippen LogP contribution in [-0.4, -0.2) is 40.3 Å². The number of nitrogens with zero attached hydrogens (tertiary/aromatic N) is 1. The minimum Gasteiger partial charge on any atom is -0.350 e. The number of nitrogens with one attached hydrogen (secondary N) is 3. The fraction of sp³-hybridized carbons (Fsp3) is 0.471. The number of rotatable bonds is 6. The Hall–Kier alpha value is -1.86. The quantitative estimate of drug-likeness (QED) is 0.689. The first kappa shape index (κ1) is 17.0. The lowest BCUT2D eigenvalue weighted by molar-refractivity contribution is -0.122. The Bertz CT molecular complexity index is 783. The van der Waals surface area contributed by atoms with E-state index in [4.69, 9.17) is 0 Å². The number of H-pyrrole nitrogens is 1. The van der Waals surface area contributed by atoms with Crippen LogP contribution in [0, 0.1) is 0 Å². The summed E-state index contributed by atoms with van der Waals surface area (Å²) in [7, 11) is 0. The number of aromatic amines is 1. The van der Waals surface area contributed by atoms with Crippen LogP contribution in [0.2, 0.25) is 0 Å². The first-order chi connectivity index (χ1) is 11.6. The molecule has 3 rings (SSSR count). The number of amides is 1. The van der Waals surface area contributed by atoms with Crippen LogP contribution >= 0.6 is 11.8 Å². The fourth-order valence-electron chi connectivity index (χ4n) is 2.86. The third kappa shape index (κ3) is 4.15. The molecule has 1 saturated heterocycles. The van der Waals surface area contributed by atoms with Crippen molar-refractivity contribution in [2.24, 2.45) is 0 Å². The van der Waals surface area contributed by atoms with E-state index in [2.05, 4.69) is 27.5 Å². The average molecular weight is 346 g/mol. The van der Waals surface area contributed by atoms with Gasteiger partial charge in [-0.1, -0.05) is 12.1 Å². The Balaban J connectivity index is 1.48. The number of benzene rings is 1. The van der Waals surface area contributed by atoms with Gasteiger partial charge >= 0.3 is 0 Å². The van der Waals surface area contributed by atoms with Crippen molar-refractivity contribution in [3.05, 3.63) is 40.4 Å². The minimum absolute atomic E-state index is 0.0775. The number of aromatic nitrogens is 2. The molecule has 1 atom stereocenters. The van der Waals surface area contributed by atoms with Crippen LogP contribution in [0.1, 0.15) is 25.6 Å². The highest BCUT2D eigenvalue weighted by Gasteiger charge is 2.29. The number of fused-ring (bicyclic) bond motifs is 1. The molecule has 1 aliphatic heterocycles. The molecule has 0 bridgehead atoms. The van der Waals surface area contributed by atoms with Gasteiger partial charge in [-0.05, 0) is 32.0 Å². The largest absolute Gasteiger partial charge is 0.350 e. The summed E-state index contributed by atoms with van der Waals surface area (Å²) >= 11 is 1.60. The van der Waals surface area contributed by atoms with E-state index in [1.807, 2.05) is 18.2 Å². The highest BCUT2D eigenvalue weighted by molar-refractivity contribution is 7.98. The first-order valence-electron chi connectivity index (χ1n) is 8.13. The molecule has 3 N–H and O–H groups in total. The molecule has 6 nitrogen and oxygen atoms in total. The van der Waals surface area contributed by atoms with Gasteiger partial charge in [0, 0.05) is 18.7 Å². The van der Waals surface area contributed by atoms with E-state index in [0.29, 0.717) is 34.7 Å². The number of para-hydroxylation sites is 1. The van der Waals surface area contributed by atoms with E-state index in [-0.39, 0.29) is 17.0 Å². The second-order valence-corrected chi connectivity index (χ2v) is 7.47. The molecule has 2 aromatic rings. The van der Waals surface area contributed by atoms with Gasteiger partial charge in [-0.15, -0.1) is 0 Å². The average Bonchev–Trinajstić information content (AvgIpc) is 2.98. The molecule has 1 aromatic heterocycles. The zero-order valence-electron chi connectivity index (χ0n) is 13.7. The highest BCUT2D eigenvalue weighted by Crippen LogP contribution is 2.15. The molecular formula is C17H22N4O2S. The van der Waals surface area contributed by atoms with Crippen molar-refractivity contribution >= 4 is 28.6 Å². The highest BCUT2D eigenvalue weighted by atomic mass is 32.2. The molecule has 24 heavy (non-hydrogen) atoms. The first-order valence-corrected chi connectivity index (χ1v) is 9.29. The summed E-state index contributed by atoms with van der Waals surface area (Å²) < 4.78 is 0. The van der Waals surface area contributed by atoms with Crippen LogP contribution < -0.4 is 16.2 Å². The molecule has 0 spiro atoms. The summed E-state index contributed by atoms with van der Waals surface area (Å²) in [4.78, 5) is 31.3. The Morgan fingerprint density at radius 2 is 2.25 bits per heavy atom. The van der Waals surface area contributed by atoms with Crippen LogP contribution in [-0.2, 0) is 10.5 Å². The van der Waals surface area contributed by atoms with E-state index in [0.717, 1.165) is 19.5 Å². The van der Waals surface area contributed by atoms with Crippen LogP contribution in [0.4, 0.5) is 0 Å². The van der Waals surface area contributed by atoms with Gasteiger partial charge < -0.3 is 15.6 Å². The summed E-state index contributed by atoms with van der Waals surface area (Å²) in [5.41, 5.74) is 0.472. The molecule has 1 fully saturated rings. The third-order valence-corrected chi connectivity index (χ3v) is 5.15. The van der Waals surface area contributed by atoms with E-state index < -0.39 is 0 Å². The van der Waals surface area contributed by atoms with Gasteiger partial charge in [0.15, 0.2) is 0 Å². The summed E-state index contributed by atoms with van der Waals surface area (Å²) in [5.74, 6) is 2.02. The van der Waals surface area contributed by atoms with Crippen molar-refractivity contribution in [1.29, 1.82) is 0 Å². The second kappa shape index (κ2) is 7.36. The molecule has 128 valence electrons. The molecule has 1 aromatic carbocycles. The Kier molecular flexibility index (Phi) is 5.20. The smallest absolute Gasteiger partial charge is 0.258 e. The molecule has 0 saturated carbocycles. The molecule has 1 unspecified atom stereocenters. The van der Waals surface area contributed by atoms with Gasteiger partial charge in [0.05, 0.1) is 22.2 Å². The van der Waals surface area contributed by atoms with Gasteiger partial charge in [0.25, 0.3) is 5.56 Å². The van der Waals surface area contributed by atoms with Crippen molar-refractivity contribution in [3.63, 3.8) is 0 Å². The maximum absolute atomic E-state index is 12.0. The van der Waals surface area contributed by atoms with Gasteiger partial charge in [-0.25, -0.2) is 4.98 Å². The number of carbonyl (C=O) groups is 1. The minimum atomic E-state index is -0.118. The molecule has 1 aliphatic rings. The predicted molar refractivity (Wildman–Crippen MR) is 97.2 cm³/mol. The van der Waals surface area contributed by atoms with Crippen molar-refractivity contribution in [2.45, 2.75) is 31.1 Å². The van der Waals surface area contributed by atoms with Crippen LogP contribution in [0.3, 0.4) is 0 Å². The van der Waals surface area contributed by atoms with Gasteiger partial charge in [-0.3, -0.25) is 9.59 Å². The van der Waals surface area contributed by atoms with Crippen LogP contribution in [0.5, 0.6) is 0 Å². The topological polar surface area (TPSA) is 86.9 Å². The third-order valence-electron chi connectivity index (χ3n) is 4.18. The van der Waals surface area contributed by atoms with Gasteiger partial charge in [-0.2, -0.15) is 11.8 Å². The number of thioether (sulfide) groups is 1. The SMILES string of the molecule is CC1(NC(=O)CCSCc2nc3ccccc3c(=O)[nH]2)CCNC1. The summed E-state index contributed by atoms with van der Waals surface area (Å²) in [6.07, 6.45) is 1.44. The maximum atomic E-state index is 12.0. The molecule has 7 heteroatoms. The molecule has 0 radical (unpaired) electrons. The lowest BCUT2D eigenvalue weighted by atomic mass is 10.0. The predicted octanol–water partition coefficient (Wildman–Crippen LogP) is 1.41. The lowest BCUT2D eigenvalue weighted by Gasteiger charge is -2.24. The zero-order valence-corrected chi connectivity index (χ0v) is 14.5. The monoisotopic (exact) mass is 346 g/mol. The fourth-order valence-corrected chi connectivity index (χ4v) is 3.66. The van der Waals surface area contributed by atoms with Crippen LogP contribution in [0.25, 0.3) is 10.9 Å². The Labute approximate surface area is 144 Å². The second-order valence-electron chi connectivity index (χ2n) is 6.37. The number of hydrogen-bond acceptors (Lipinski definition) is 5. The van der Waals surface area contributed by atoms with E-state index in [1.165, 1.54) is 0 Å². The molecule has 1 amide bonds. The Morgan fingerprint density at radius 1 is 1.42 bits per heavy atom. The van der Waals surface area contributed by atoms with Gasteiger partial charge in [0.2, 0.25) is 5.91 Å². The van der Waals surface area contributed by atoms with E-state index in [9.17, 15) is 9.59 Å². The van der Waals surface area contributed by atoms with E-state index >= 15 is 0 Å². The number of carbonyl (C=O) groups excluding carboxylic acids is 1. The van der Waals surface area contributed by atoms with Gasteiger partial charge in [0.1, 0.15) is 5.82 Å². The molecular weight excluding hydrogens is 324 g/mol. The lowest BCUT2D eigenvalue weighted by Crippen LogP contribution is -2.47. The van der Waals surface area contributed by atoms with Crippen molar-refractivity contribution in [2.75, 3.05) is 18.8 Å². The Morgan fingerprint density at radius 3 is 3.04 bits per heavy atom.